The highest BCUT2D eigenvalue weighted by atomic mass is 19.1. The van der Waals surface area contributed by atoms with Gasteiger partial charge >= 0.3 is 0 Å². The van der Waals surface area contributed by atoms with Gasteiger partial charge in [-0.05, 0) is 39.0 Å². The van der Waals surface area contributed by atoms with Gasteiger partial charge in [-0.25, -0.2) is 9.07 Å². The summed E-state index contributed by atoms with van der Waals surface area (Å²) < 4.78 is 16.9. The maximum atomic E-state index is 13.4. The minimum absolute atomic E-state index is 0.190. The lowest BCUT2D eigenvalue weighted by molar-refractivity contribution is 0.570. The van der Waals surface area contributed by atoms with Crippen LogP contribution in [0.5, 0.6) is 0 Å². The average Bonchev–Trinajstić information content (AvgIpc) is 3.07. The van der Waals surface area contributed by atoms with Crippen LogP contribution in [0.2, 0.25) is 0 Å². The summed E-state index contributed by atoms with van der Waals surface area (Å²) in [6.45, 7) is 6.79. The average molecular weight is 327 g/mol. The van der Waals surface area contributed by atoms with Crippen molar-refractivity contribution in [2.75, 3.05) is 0 Å². The van der Waals surface area contributed by atoms with Gasteiger partial charge in [0.15, 0.2) is 0 Å². The third-order valence-electron chi connectivity index (χ3n) is 4.19. The third kappa shape index (κ3) is 3.38. The number of hydrogen-bond donors (Lipinski definition) is 1. The molecule has 1 aromatic carbocycles. The highest BCUT2D eigenvalue weighted by Crippen LogP contribution is 2.18. The van der Waals surface area contributed by atoms with Gasteiger partial charge in [-0.15, -0.1) is 0 Å². The fourth-order valence-corrected chi connectivity index (χ4v) is 2.84. The molecular formula is C18H22FN5. The second-order valence-corrected chi connectivity index (χ2v) is 6.11. The first-order valence-corrected chi connectivity index (χ1v) is 7.98. The molecular weight excluding hydrogens is 305 g/mol. The Hall–Kier alpha value is -2.47. The molecule has 1 N–H and O–H groups in total. The Kier molecular flexibility index (Phi) is 4.49. The Morgan fingerprint density at radius 2 is 1.96 bits per heavy atom. The minimum Gasteiger partial charge on any atom is -0.306 e. The molecule has 0 saturated heterocycles. The van der Waals surface area contributed by atoms with E-state index < -0.39 is 0 Å². The third-order valence-corrected chi connectivity index (χ3v) is 4.19. The maximum Gasteiger partial charge on any atom is 0.125 e. The van der Waals surface area contributed by atoms with Crippen LogP contribution in [-0.2, 0) is 13.6 Å². The van der Waals surface area contributed by atoms with E-state index in [1.54, 1.807) is 10.7 Å². The van der Waals surface area contributed by atoms with Gasteiger partial charge in [0.05, 0.1) is 17.1 Å². The molecule has 0 aliphatic heterocycles. The predicted octanol–water partition coefficient (Wildman–Crippen LogP) is 3.21. The lowest BCUT2D eigenvalue weighted by Gasteiger charge is -2.12. The lowest BCUT2D eigenvalue weighted by atomic mass is 10.1. The van der Waals surface area contributed by atoms with Crippen molar-refractivity contribution in [1.82, 2.24) is 24.9 Å². The monoisotopic (exact) mass is 327 g/mol. The first kappa shape index (κ1) is 16.4. The van der Waals surface area contributed by atoms with Gasteiger partial charge in [-0.2, -0.15) is 10.2 Å². The minimum atomic E-state index is -0.263. The molecule has 0 saturated carbocycles. The molecule has 3 rings (SSSR count). The number of halogens is 1. The van der Waals surface area contributed by atoms with Crippen molar-refractivity contribution in [1.29, 1.82) is 0 Å². The Labute approximate surface area is 141 Å². The van der Waals surface area contributed by atoms with E-state index in [1.165, 1.54) is 17.7 Å². The molecule has 2 aromatic heterocycles. The fraction of sp³-hybridized carbons (Fsp3) is 0.333. The number of benzene rings is 1. The molecule has 0 amide bonds. The molecule has 126 valence electrons. The fourth-order valence-electron chi connectivity index (χ4n) is 2.84. The van der Waals surface area contributed by atoms with Crippen LogP contribution in [0.25, 0.3) is 5.69 Å². The van der Waals surface area contributed by atoms with Crippen LogP contribution in [0.1, 0.15) is 35.5 Å². The van der Waals surface area contributed by atoms with Gasteiger partial charge in [0, 0.05) is 43.2 Å². The number of aromatic nitrogens is 4. The Bertz CT molecular complexity index is 849. The first-order chi connectivity index (χ1) is 11.4. The lowest BCUT2D eigenvalue weighted by Crippen LogP contribution is -2.18. The summed E-state index contributed by atoms with van der Waals surface area (Å²) in [5, 5.41) is 12.4. The van der Waals surface area contributed by atoms with Crippen LogP contribution < -0.4 is 5.32 Å². The zero-order valence-corrected chi connectivity index (χ0v) is 14.4. The number of rotatable bonds is 5. The van der Waals surface area contributed by atoms with E-state index in [0.717, 1.165) is 22.6 Å². The Morgan fingerprint density at radius 3 is 2.62 bits per heavy atom. The predicted molar refractivity (Wildman–Crippen MR) is 91.5 cm³/mol. The normalized spacial score (nSPS) is 12.5. The first-order valence-electron chi connectivity index (χ1n) is 7.98. The van der Waals surface area contributed by atoms with E-state index in [9.17, 15) is 4.39 Å². The van der Waals surface area contributed by atoms with Crippen LogP contribution in [-0.4, -0.2) is 19.6 Å². The van der Waals surface area contributed by atoms with Gasteiger partial charge in [0.1, 0.15) is 5.82 Å². The SMILES string of the molecule is Cc1nn(-c2cccc(F)c2)cc1CNC(C)c1cn(C)nc1C. The number of nitrogens with zero attached hydrogens (tertiary/aromatic N) is 4. The van der Waals surface area contributed by atoms with Crippen molar-refractivity contribution in [3.05, 3.63) is 65.0 Å². The van der Waals surface area contributed by atoms with Gasteiger partial charge < -0.3 is 5.32 Å². The smallest absolute Gasteiger partial charge is 0.125 e. The molecule has 6 heteroatoms. The summed E-state index contributed by atoms with van der Waals surface area (Å²) in [7, 11) is 1.93. The summed E-state index contributed by atoms with van der Waals surface area (Å²) in [6.07, 6.45) is 3.98. The van der Waals surface area contributed by atoms with Crippen LogP contribution in [0, 0.1) is 19.7 Å². The molecule has 5 nitrogen and oxygen atoms in total. The van der Waals surface area contributed by atoms with Crippen LogP contribution in [0.4, 0.5) is 4.39 Å². The van der Waals surface area contributed by atoms with E-state index in [1.807, 2.05) is 44.0 Å². The van der Waals surface area contributed by atoms with Gasteiger partial charge in [0.2, 0.25) is 0 Å². The highest BCUT2D eigenvalue weighted by Gasteiger charge is 2.13. The second-order valence-electron chi connectivity index (χ2n) is 6.11. The van der Waals surface area contributed by atoms with Crippen LogP contribution in [0.3, 0.4) is 0 Å². The molecule has 0 spiro atoms. The number of aryl methyl sites for hydroxylation is 3. The quantitative estimate of drug-likeness (QED) is 0.783. The van der Waals surface area contributed by atoms with E-state index >= 15 is 0 Å². The molecule has 24 heavy (non-hydrogen) atoms. The Balaban J connectivity index is 1.73. The summed E-state index contributed by atoms with van der Waals surface area (Å²) >= 11 is 0. The van der Waals surface area contributed by atoms with Crippen LogP contribution in [0.15, 0.2) is 36.7 Å². The molecule has 3 aromatic rings. The van der Waals surface area contributed by atoms with E-state index in [4.69, 9.17) is 0 Å². The molecule has 0 aliphatic carbocycles. The molecule has 0 aliphatic rings. The largest absolute Gasteiger partial charge is 0.306 e. The number of hydrogen-bond acceptors (Lipinski definition) is 3. The van der Waals surface area contributed by atoms with Crippen LogP contribution >= 0.6 is 0 Å². The van der Waals surface area contributed by atoms with Crippen molar-refractivity contribution in [3.63, 3.8) is 0 Å². The molecule has 0 fully saturated rings. The molecule has 2 heterocycles. The summed E-state index contributed by atoms with van der Waals surface area (Å²) in [4.78, 5) is 0. The molecule has 1 unspecified atom stereocenters. The topological polar surface area (TPSA) is 47.7 Å². The van der Waals surface area contributed by atoms with Crippen molar-refractivity contribution in [3.8, 4) is 5.69 Å². The summed E-state index contributed by atoms with van der Waals surface area (Å²) in [5.74, 6) is -0.263. The zero-order valence-electron chi connectivity index (χ0n) is 14.4. The van der Waals surface area contributed by atoms with Crippen molar-refractivity contribution in [2.45, 2.75) is 33.4 Å². The van der Waals surface area contributed by atoms with E-state index in [2.05, 4.69) is 22.4 Å². The van der Waals surface area contributed by atoms with Crippen molar-refractivity contribution in [2.24, 2.45) is 7.05 Å². The zero-order chi connectivity index (χ0) is 17.3. The molecule has 0 bridgehead atoms. The van der Waals surface area contributed by atoms with Crippen molar-refractivity contribution >= 4 is 0 Å². The highest BCUT2D eigenvalue weighted by molar-refractivity contribution is 5.33. The maximum absolute atomic E-state index is 13.4. The van der Waals surface area contributed by atoms with Gasteiger partial charge in [-0.1, -0.05) is 6.07 Å². The van der Waals surface area contributed by atoms with E-state index in [0.29, 0.717) is 6.54 Å². The van der Waals surface area contributed by atoms with Crippen molar-refractivity contribution < 1.29 is 4.39 Å². The van der Waals surface area contributed by atoms with Gasteiger partial charge in [0.25, 0.3) is 0 Å². The standard InChI is InChI=1S/C18H22FN5/c1-12-15(9-20-13(2)18-11-23(4)21-14(18)3)10-24(22-12)17-7-5-6-16(19)8-17/h5-8,10-11,13,20H,9H2,1-4H3. The Morgan fingerprint density at radius 1 is 1.17 bits per heavy atom. The van der Waals surface area contributed by atoms with E-state index in [-0.39, 0.29) is 11.9 Å². The molecule has 1 atom stereocenters. The number of nitrogens with one attached hydrogen (secondary N) is 1. The summed E-state index contributed by atoms with van der Waals surface area (Å²) in [5.41, 5.74) is 4.97. The second kappa shape index (κ2) is 6.57. The summed E-state index contributed by atoms with van der Waals surface area (Å²) in [6, 6.07) is 6.63. The van der Waals surface area contributed by atoms with Gasteiger partial charge in [-0.3, -0.25) is 4.68 Å². The molecule has 0 radical (unpaired) electrons.